The Balaban J connectivity index is 2.24. The van der Waals surface area contributed by atoms with Gasteiger partial charge in [-0.1, -0.05) is 48.5 Å². The van der Waals surface area contributed by atoms with Gasteiger partial charge in [-0.3, -0.25) is 0 Å². The zero-order valence-corrected chi connectivity index (χ0v) is 10.4. The Kier molecular flexibility index (Phi) is 1.97. The summed E-state index contributed by atoms with van der Waals surface area (Å²) in [6.07, 6.45) is 1.94. The monoisotopic (exact) mass is 250 g/mol. The SMILES string of the molecule is O=S1C=Cc2ccc3c(ccc4ccccc43)c21. The second-order valence-corrected chi connectivity index (χ2v) is 5.74. The summed E-state index contributed by atoms with van der Waals surface area (Å²) >= 11 is 0. The average Bonchev–Trinajstić information content (AvgIpc) is 2.80. The number of fused-ring (bicyclic) bond motifs is 5. The Hall–Kier alpha value is -1.93. The van der Waals surface area contributed by atoms with Crippen LogP contribution in [0.4, 0.5) is 0 Å². The minimum absolute atomic E-state index is 0.957. The molecule has 1 heterocycles. The van der Waals surface area contributed by atoms with E-state index in [1.807, 2.05) is 18.2 Å². The zero-order valence-electron chi connectivity index (χ0n) is 9.59. The summed E-state index contributed by atoms with van der Waals surface area (Å²) < 4.78 is 12.0. The molecule has 0 bridgehead atoms. The van der Waals surface area contributed by atoms with Crippen molar-refractivity contribution >= 4 is 38.4 Å². The first-order valence-corrected chi connectivity index (χ1v) is 7.09. The van der Waals surface area contributed by atoms with Crippen LogP contribution in [-0.2, 0) is 10.8 Å². The highest BCUT2D eigenvalue weighted by molar-refractivity contribution is 7.88. The maximum absolute atomic E-state index is 12.0. The van der Waals surface area contributed by atoms with Crippen LogP contribution in [0.25, 0.3) is 27.6 Å². The van der Waals surface area contributed by atoms with Crippen molar-refractivity contribution in [3.63, 3.8) is 0 Å². The van der Waals surface area contributed by atoms with Gasteiger partial charge in [-0.15, -0.1) is 0 Å². The standard InChI is InChI=1S/C16H10OS/c17-18-10-9-12-6-7-14-13-4-2-1-3-11(13)5-8-15(14)16(12)18/h1-10H. The molecular weight excluding hydrogens is 240 g/mol. The number of hydrogen-bond donors (Lipinski definition) is 0. The van der Waals surface area contributed by atoms with Crippen LogP contribution >= 0.6 is 0 Å². The molecule has 0 fully saturated rings. The van der Waals surface area contributed by atoms with Gasteiger partial charge in [0.15, 0.2) is 0 Å². The lowest BCUT2D eigenvalue weighted by atomic mass is 10.0. The van der Waals surface area contributed by atoms with Gasteiger partial charge in [-0.2, -0.15) is 0 Å². The number of benzene rings is 3. The molecule has 1 aliphatic rings. The molecule has 0 aliphatic carbocycles. The van der Waals surface area contributed by atoms with Gasteiger partial charge in [-0.25, -0.2) is 4.21 Å². The lowest BCUT2D eigenvalue weighted by Crippen LogP contribution is -1.88. The molecule has 0 saturated heterocycles. The van der Waals surface area contributed by atoms with Gasteiger partial charge in [0.05, 0.1) is 15.7 Å². The Morgan fingerprint density at radius 2 is 1.61 bits per heavy atom. The average molecular weight is 250 g/mol. The normalized spacial score (nSPS) is 17.4. The first-order valence-electron chi connectivity index (χ1n) is 5.88. The lowest BCUT2D eigenvalue weighted by Gasteiger charge is -2.07. The fourth-order valence-electron chi connectivity index (χ4n) is 2.64. The lowest BCUT2D eigenvalue weighted by molar-refractivity contribution is 0.689. The predicted molar refractivity (Wildman–Crippen MR) is 76.9 cm³/mol. The van der Waals surface area contributed by atoms with Gasteiger partial charge >= 0.3 is 0 Å². The van der Waals surface area contributed by atoms with Gasteiger partial charge in [0.2, 0.25) is 0 Å². The van der Waals surface area contributed by atoms with Crippen LogP contribution in [-0.4, -0.2) is 4.21 Å². The van der Waals surface area contributed by atoms with Gasteiger partial charge in [-0.05, 0) is 33.2 Å². The predicted octanol–water partition coefficient (Wildman–Crippen LogP) is 4.08. The van der Waals surface area contributed by atoms with Crippen molar-refractivity contribution in [2.75, 3.05) is 0 Å². The molecule has 3 aromatic rings. The molecule has 1 aliphatic heterocycles. The van der Waals surface area contributed by atoms with Crippen LogP contribution < -0.4 is 0 Å². The van der Waals surface area contributed by atoms with E-state index in [4.69, 9.17) is 0 Å². The molecule has 0 amide bonds. The van der Waals surface area contributed by atoms with Crippen molar-refractivity contribution in [3.05, 3.63) is 59.5 Å². The maximum Gasteiger partial charge on any atom is 0.0788 e. The van der Waals surface area contributed by atoms with Crippen molar-refractivity contribution in [3.8, 4) is 0 Å². The number of hydrogen-bond acceptors (Lipinski definition) is 1. The van der Waals surface area contributed by atoms with Gasteiger partial charge in [0, 0.05) is 5.41 Å². The first-order chi connectivity index (χ1) is 8.84. The van der Waals surface area contributed by atoms with E-state index in [-0.39, 0.29) is 0 Å². The third-order valence-corrected chi connectivity index (χ3v) is 4.72. The van der Waals surface area contributed by atoms with E-state index in [1.54, 1.807) is 5.41 Å². The molecule has 0 saturated carbocycles. The van der Waals surface area contributed by atoms with Crippen LogP contribution in [0, 0.1) is 0 Å². The van der Waals surface area contributed by atoms with E-state index >= 15 is 0 Å². The molecule has 18 heavy (non-hydrogen) atoms. The largest absolute Gasteiger partial charge is 0.250 e. The third kappa shape index (κ3) is 1.24. The van der Waals surface area contributed by atoms with Crippen molar-refractivity contribution < 1.29 is 4.21 Å². The summed E-state index contributed by atoms with van der Waals surface area (Å²) in [5.41, 5.74) is 1.08. The molecule has 4 rings (SSSR count). The smallest absolute Gasteiger partial charge is 0.0788 e. The molecular formula is C16H10OS. The highest BCUT2D eigenvalue weighted by Crippen LogP contribution is 2.34. The van der Waals surface area contributed by atoms with Crippen molar-refractivity contribution in [2.45, 2.75) is 4.90 Å². The van der Waals surface area contributed by atoms with E-state index in [0.717, 1.165) is 15.8 Å². The van der Waals surface area contributed by atoms with E-state index < -0.39 is 10.8 Å². The summed E-state index contributed by atoms with van der Waals surface area (Å²) in [4.78, 5) is 0.957. The van der Waals surface area contributed by atoms with E-state index in [0.29, 0.717) is 0 Å². The molecule has 0 spiro atoms. The van der Waals surface area contributed by atoms with Crippen LogP contribution in [0.15, 0.2) is 58.8 Å². The van der Waals surface area contributed by atoms with E-state index in [9.17, 15) is 4.21 Å². The quantitative estimate of drug-likeness (QED) is 0.549. The summed E-state index contributed by atoms with van der Waals surface area (Å²) in [6, 6.07) is 16.7. The van der Waals surface area contributed by atoms with Gasteiger partial charge in [0.1, 0.15) is 0 Å². The van der Waals surface area contributed by atoms with E-state index in [2.05, 4.69) is 36.4 Å². The van der Waals surface area contributed by atoms with Crippen LogP contribution in [0.3, 0.4) is 0 Å². The molecule has 1 unspecified atom stereocenters. The molecule has 86 valence electrons. The molecule has 1 nitrogen and oxygen atoms in total. The Labute approximate surface area is 107 Å². The second-order valence-electron chi connectivity index (χ2n) is 4.47. The summed E-state index contributed by atoms with van der Waals surface area (Å²) in [5, 5.41) is 6.50. The minimum Gasteiger partial charge on any atom is -0.250 e. The Morgan fingerprint density at radius 1 is 0.778 bits per heavy atom. The Bertz CT molecular complexity index is 846. The summed E-state index contributed by atoms with van der Waals surface area (Å²) in [5.74, 6) is 0. The topological polar surface area (TPSA) is 17.1 Å². The molecule has 0 N–H and O–H groups in total. The molecule has 2 heteroatoms. The first kappa shape index (κ1) is 10.0. The molecule has 1 atom stereocenters. The van der Waals surface area contributed by atoms with E-state index in [1.165, 1.54) is 16.2 Å². The summed E-state index contributed by atoms with van der Waals surface area (Å²) in [6.45, 7) is 0. The number of rotatable bonds is 0. The van der Waals surface area contributed by atoms with Crippen molar-refractivity contribution in [1.29, 1.82) is 0 Å². The van der Waals surface area contributed by atoms with Gasteiger partial charge < -0.3 is 0 Å². The second kappa shape index (κ2) is 3.53. The zero-order chi connectivity index (χ0) is 12.1. The molecule has 3 aromatic carbocycles. The molecule has 0 radical (unpaired) electrons. The van der Waals surface area contributed by atoms with Crippen LogP contribution in [0.2, 0.25) is 0 Å². The van der Waals surface area contributed by atoms with Crippen molar-refractivity contribution in [2.24, 2.45) is 0 Å². The highest BCUT2D eigenvalue weighted by Gasteiger charge is 2.16. The maximum atomic E-state index is 12.0. The third-order valence-electron chi connectivity index (χ3n) is 3.48. The molecule has 0 aromatic heterocycles. The van der Waals surface area contributed by atoms with Crippen LogP contribution in [0.5, 0.6) is 0 Å². The Morgan fingerprint density at radius 3 is 2.56 bits per heavy atom. The fourth-order valence-corrected chi connectivity index (χ4v) is 3.81. The highest BCUT2D eigenvalue weighted by atomic mass is 32.2. The fraction of sp³-hybridized carbons (Fsp3) is 0. The van der Waals surface area contributed by atoms with Gasteiger partial charge in [0.25, 0.3) is 0 Å². The summed E-state index contributed by atoms with van der Waals surface area (Å²) in [7, 11) is -0.996. The minimum atomic E-state index is -0.996. The van der Waals surface area contributed by atoms with Crippen LogP contribution in [0.1, 0.15) is 5.56 Å². The van der Waals surface area contributed by atoms with Crippen molar-refractivity contribution in [1.82, 2.24) is 0 Å².